The molecule has 8 heteroatoms. The summed E-state index contributed by atoms with van der Waals surface area (Å²) in [5.74, 6) is 2.45. The lowest BCUT2D eigenvalue weighted by Crippen LogP contribution is -2.41. The lowest BCUT2D eigenvalue weighted by Gasteiger charge is -2.28. The second-order valence-corrected chi connectivity index (χ2v) is 10.4. The number of nitrogens with zero attached hydrogens (tertiary/aromatic N) is 2. The third-order valence-corrected chi connectivity index (χ3v) is 8.12. The Morgan fingerprint density at radius 2 is 2.22 bits per heavy atom. The Morgan fingerprint density at radius 1 is 1.38 bits per heavy atom. The fraction of sp³-hybridized carbons (Fsp3) is 0.625. The number of hydrogen-bond donors (Lipinski definition) is 1. The van der Waals surface area contributed by atoms with Gasteiger partial charge in [0.15, 0.2) is 5.16 Å². The Balaban J connectivity index is 1.45. The van der Waals surface area contributed by atoms with Crippen molar-refractivity contribution >= 4 is 40.2 Å². The highest BCUT2D eigenvalue weighted by molar-refractivity contribution is 7.99. The number of amides is 1. The van der Waals surface area contributed by atoms with Crippen molar-refractivity contribution in [1.82, 2.24) is 14.9 Å². The van der Waals surface area contributed by atoms with Crippen LogP contribution in [0.15, 0.2) is 28.2 Å². The van der Waals surface area contributed by atoms with E-state index in [0.29, 0.717) is 53.2 Å². The standard InChI is InChI=1S/C24H32ClN3O3S/c1-3-31-10-4-9-28-23(30)19-8-7-18(25)13-21(19)27-24(28)32-14-22(29)26-15(2)20-12-16-5-6-17(20)11-16/h7-8,13,15-17,20H,3-6,9-12,14H2,1-2H3,(H,26,29). The molecule has 4 atom stereocenters. The lowest BCUT2D eigenvalue weighted by molar-refractivity contribution is -0.119. The van der Waals surface area contributed by atoms with Crippen molar-refractivity contribution in [1.29, 1.82) is 0 Å². The van der Waals surface area contributed by atoms with Gasteiger partial charge in [0.05, 0.1) is 16.7 Å². The second-order valence-electron chi connectivity index (χ2n) is 9.05. The van der Waals surface area contributed by atoms with Crippen molar-refractivity contribution in [3.05, 3.63) is 33.6 Å². The number of ether oxygens (including phenoxy) is 1. The molecule has 0 aliphatic heterocycles. The number of nitrogens with one attached hydrogen (secondary N) is 1. The maximum atomic E-state index is 13.1. The molecule has 1 aromatic heterocycles. The van der Waals surface area contributed by atoms with Gasteiger partial charge in [0, 0.05) is 30.8 Å². The molecule has 2 fully saturated rings. The summed E-state index contributed by atoms with van der Waals surface area (Å²) in [6.07, 6.45) is 5.94. The van der Waals surface area contributed by atoms with E-state index in [2.05, 4.69) is 17.2 Å². The van der Waals surface area contributed by atoms with Crippen LogP contribution in [-0.2, 0) is 16.1 Å². The van der Waals surface area contributed by atoms with Crippen molar-refractivity contribution in [2.24, 2.45) is 17.8 Å². The number of aromatic nitrogens is 2. The molecule has 0 radical (unpaired) electrons. The molecule has 2 aliphatic rings. The average Bonchev–Trinajstić information content (AvgIpc) is 3.40. The van der Waals surface area contributed by atoms with E-state index in [-0.39, 0.29) is 23.3 Å². The smallest absolute Gasteiger partial charge is 0.262 e. The molecule has 1 amide bonds. The first-order valence-corrected chi connectivity index (χ1v) is 13.0. The molecule has 2 bridgehead atoms. The summed E-state index contributed by atoms with van der Waals surface area (Å²) in [6, 6.07) is 5.30. The SMILES string of the molecule is CCOCCCn1c(SCC(=O)NC(C)C2CC3CCC2C3)nc2cc(Cl)ccc2c1=O. The zero-order valence-electron chi connectivity index (χ0n) is 18.8. The monoisotopic (exact) mass is 477 g/mol. The largest absolute Gasteiger partial charge is 0.382 e. The summed E-state index contributed by atoms with van der Waals surface area (Å²) in [5, 5.41) is 4.81. The minimum Gasteiger partial charge on any atom is -0.382 e. The van der Waals surface area contributed by atoms with E-state index in [1.54, 1.807) is 22.8 Å². The number of carbonyl (C=O) groups is 1. The van der Waals surface area contributed by atoms with Crippen LogP contribution >= 0.6 is 23.4 Å². The summed E-state index contributed by atoms with van der Waals surface area (Å²) in [6.45, 7) is 5.80. The van der Waals surface area contributed by atoms with Gasteiger partial charge in [0.1, 0.15) is 0 Å². The van der Waals surface area contributed by atoms with Gasteiger partial charge in [0.25, 0.3) is 5.56 Å². The minimum absolute atomic E-state index is 0.00780. The maximum Gasteiger partial charge on any atom is 0.262 e. The molecule has 0 spiro atoms. The van der Waals surface area contributed by atoms with Crippen LogP contribution in [0.3, 0.4) is 0 Å². The summed E-state index contributed by atoms with van der Waals surface area (Å²) >= 11 is 7.43. The maximum absolute atomic E-state index is 13.1. The van der Waals surface area contributed by atoms with Crippen molar-refractivity contribution in [2.75, 3.05) is 19.0 Å². The average molecular weight is 478 g/mol. The third-order valence-electron chi connectivity index (χ3n) is 6.91. The molecule has 1 aromatic carbocycles. The van der Waals surface area contributed by atoms with E-state index in [0.717, 1.165) is 11.8 Å². The van der Waals surface area contributed by atoms with Gasteiger partial charge < -0.3 is 10.1 Å². The molecule has 1 N–H and O–H groups in total. The molecule has 2 saturated carbocycles. The van der Waals surface area contributed by atoms with Crippen LogP contribution in [0.25, 0.3) is 10.9 Å². The van der Waals surface area contributed by atoms with Crippen LogP contribution in [0.1, 0.15) is 46.0 Å². The van der Waals surface area contributed by atoms with Crippen LogP contribution < -0.4 is 10.9 Å². The Hall–Kier alpha value is -1.57. The highest BCUT2D eigenvalue weighted by atomic mass is 35.5. The van der Waals surface area contributed by atoms with E-state index in [1.165, 1.54) is 37.4 Å². The van der Waals surface area contributed by atoms with E-state index in [1.807, 2.05) is 6.92 Å². The molecule has 4 rings (SSSR count). The number of carbonyl (C=O) groups excluding carboxylic acids is 1. The lowest BCUT2D eigenvalue weighted by atomic mass is 9.84. The molecular weight excluding hydrogens is 446 g/mol. The zero-order chi connectivity index (χ0) is 22.7. The zero-order valence-corrected chi connectivity index (χ0v) is 20.4. The van der Waals surface area contributed by atoms with E-state index in [9.17, 15) is 9.59 Å². The second kappa shape index (κ2) is 10.6. The molecule has 4 unspecified atom stereocenters. The first kappa shape index (κ1) is 23.6. The van der Waals surface area contributed by atoms with Gasteiger partial charge in [0.2, 0.25) is 5.91 Å². The van der Waals surface area contributed by atoms with E-state index < -0.39 is 0 Å². The van der Waals surface area contributed by atoms with Gasteiger partial charge in [-0.3, -0.25) is 14.2 Å². The van der Waals surface area contributed by atoms with Gasteiger partial charge >= 0.3 is 0 Å². The first-order chi connectivity index (χ1) is 15.5. The number of hydrogen-bond acceptors (Lipinski definition) is 5. The fourth-order valence-corrected chi connectivity index (χ4v) is 6.39. The van der Waals surface area contributed by atoms with Crippen molar-refractivity contribution in [3.8, 4) is 0 Å². The summed E-state index contributed by atoms with van der Waals surface area (Å²) < 4.78 is 7.08. The molecule has 1 heterocycles. The Morgan fingerprint density at radius 3 is 2.94 bits per heavy atom. The van der Waals surface area contributed by atoms with Crippen LogP contribution in [0.4, 0.5) is 0 Å². The van der Waals surface area contributed by atoms with E-state index >= 15 is 0 Å². The molecule has 32 heavy (non-hydrogen) atoms. The highest BCUT2D eigenvalue weighted by Gasteiger charge is 2.42. The van der Waals surface area contributed by atoms with Gasteiger partial charge in [-0.15, -0.1) is 0 Å². The quantitative estimate of drug-likeness (QED) is 0.309. The number of thioether (sulfide) groups is 1. The van der Waals surface area contributed by atoms with Gasteiger partial charge in [-0.1, -0.05) is 29.8 Å². The summed E-state index contributed by atoms with van der Waals surface area (Å²) in [5.41, 5.74) is 0.447. The Bertz CT molecular complexity index is 1030. The topological polar surface area (TPSA) is 73.2 Å². The third kappa shape index (κ3) is 5.32. The van der Waals surface area contributed by atoms with Crippen molar-refractivity contribution in [3.63, 3.8) is 0 Å². The predicted molar refractivity (Wildman–Crippen MR) is 129 cm³/mol. The number of fused-ring (bicyclic) bond motifs is 3. The van der Waals surface area contributed by atoms with Crippen LogP contribution in [-0.4, -0.2) is 40.5 Å². The van der Waals surface area contributed by atoms with Gasteiger partial charge in [-0.05, 0) is 75.5 Å². The number of rotatable bonds is 10. The fourth-order valence-electron chi connectivity index (χ4n) is 5.39. The molecule has 174 valence electrons. The Kier molecular flexibility index (Phi) is 7.79. The minimum atomic E-state index is -0.110. The van der Waals surface area contributed by atoms with Gasteiger partial charge in [-0.25, -0.2) is 4.98 Å². The molecular formula is C24H32ClN3O3S. The van der Waals surface area contributed by atoms with E-state index in [4.69, 9.17) is 16.3 Å². The van der Waals surface area contributed by atoms with Crippen LogP contribution in [0, 0.1) is 17.8 Å². The van der Waals surface area contributed by atoms with Crippen LogP contribution in [0.5, 0.6) is 0 Å². The molecule has 0 saturated heterocycles. The highest BCUT2D eigenvalue weighted by Crippen LogP contribution is 2.49. The van der Waals surface area contributed by atoms with Crippen molar-refractivity contribution in [2.45, 2.75) is 63.7 Å². The van der Waals surface area contributed by atoms with Crippen molar-refractivity contribution < 1.29 is 9.53 Å². The Labute approximate surface area is 198 Å². The number of benzene rings is 1. The molecule has 6 nitrogen and oxygen atoms in total. The number of halogens is 1. The molecule has 2 aliphatic carbocycles. The van der Waals surface area contributed by atoms with Crippen LogP contribution in [0.2, 0.25) is 5.02 Å². The normalized spacial score (nSPS) is 23.0. The predicted octanol–water partition coefficient (Wildman–Crippen LogP) is 4.51. The summed E-state index contributed by atoms with van der Waals surface area (Å²) in [4.78, 5) is 30.5. The first-order valence-electron chi connectivity index (χ1n) is 11.7. The molecule has 2 aromatic rings. The van der Waals surface area contributed by atoms with Gasteiger partial charge in [-0.2, -0.15) is 0 Å². The summed E-state index contributed by atoms with van der Waals surface area (Å²) in [7, 11) is 0.